The fourth-order valence-corrected chi connectivity index (χ4v) is 2.63. The Morgan fingerprint density at radius 1 is 0.789 bits per heavy atom. The van der Waals surface area contributed by atoms with Crippen molar-refractivity contribution in [3.8, 4) is 11.1 Å². The number of aryl methyl sites for hydroxylation is 1. The van der Waals surface area contributed by atoms with Crippen LogP contribution in [0.5, 0.6) is 0 Å². The Labute approximate surface area is 121 Å². The molecule has 0 radical (unpaired) electrons. The summed E-state index contributed by atoms with van der Waals surface area (Å²) in [5, 5.41) is 0. The normalized spacial score (nSPS) is 10.6. The number of rotatable bonds is 6. The van der Waals surface area contributed by atoms with Gasteiger partial charge in [-0.3, -0.25) is 0 Å². The molecule has 0 fully saturated rings. The third-order valence-corrected chi connectivity index (χ3v) is 4.19. The van der Waals surface area contributed by atoms with Crippen molar-refractivity contribution in [2.24, 2.45) is 0 Å². The molecule has 100 valence electrons. The highest BCUT2D eigenvalue weighted by Crippen LogP contribution is 2.23. The Morgan fingerprint density at radius 2 is 1.37 bits per heavy atom. The Morgan fingerprint density at radius 3 is 1.89 bits per heavy atom. The molecule has 2 aromatic carbocycles. The minimum absolute atomic E-state index is 1.21. The molecule has 0 heterocycles. The zero-order valence-corrected chi connectivity index (χ0v) is 12.7. The summed E-state index contributed by atoms with van der Waals surface area (Å²) in [4.78, 5) is 1.32. The third-order valence-electron chi connectivity index (χ3n) is 3.45. The fraction of sp³-hybridized carbons (Fsp3) is 0.333. The molecular weight excluding hydrogens is 248 g/mol. The van der Waals surface area contributed by atoms with E-state index in [1.54, 1.807) is 11.8 Å². The van der Waals surface area contributed by atoms with Gasteiger partial charge in [-0.25, -0.2) is 0 Å². The lowest BCUT2D eigenvalue weighted by atomic mass is 10.0. The first-order chi connectivity index (χ1) is 9.33. The first kappa shape index (κ1) is 14.2. The topological polar surface area (TPSA) is 0 Å². The lowest BCUT2D eigenvalue weighted by Crippen LogP contribution is -1.86. The summed E-state index contributed by atoms with van der Waals surface area (Å²) in [7, 11) is 0. The van der Waals surface area contributed by atoms with Crippen molar-refractivity contribution >= 4 is 11.8 Å². The third kappa shape index (κ3) is 4.14. The van der Waals surface area contributed by atoms with Gasteiger partial charge < -0.3 is 0 Å². The largest absolute Gasteiger partial charge is 0.130 e. The van der Waals surface area contributed by atoms with Gasteiger partial charge in [-0.2, -0.15) is 0 Å². The molecule has 0 amide bonds. The molecular formula is C18H22S. The average molecular weight is 270 g/mol. The van der Waals surface area contributed by atoms with Crippen LogP contribution in [-0.4, -0.2) is 6.26 Å². The van der Waals surface area contributed by atoms with Crippen molar-refractivity contribution in [1.82, 2.24) is 0 Å². The Kier molecular flexibility index (Phi) is 5.53. The summed E-state index contributed by atoms with van der Waals surface area (Å²) in [5.74, 6) is 0. The summed E-state index contributed by atoms with van der Waals surface area (Å²) in [5.41, 5.74) is 4.07. The van der Waals surface area contributed by atoms with Crippen LogP contribution in [0.3, 0.4) is 0 Å². The predicted molar refractivity (Wildman–Crippen MR) is 86.9 cm³/mol. The quantitative estimate of drug-likeness (QED) is 0.471. The molecule has 0 aliphatic heterocycles. The van der Waals surface area contributed by atoms with E-state index in [2.05, 4.69) is 61.7 Å². The lowest BCUT2D eigenvalue weighted by Gasteiger charge is -2.05. The molecule has 19 heavy (non-hydrogen) atoms. The molecule has 2 aromatic rings. The van der Waals surface area contributed by atoms with E-state index in [1.165, 1.54) is 47.3 Å². The van der Waals surface area contributed by atoms with E-state index < -0.39 is 0 Å². The van der Waals surface area contributed by atoms with Crippen LogP contribution < -0.4 is 0 Å². The number of benzene rings is 2. The Balaban J connectivity index is 2.04. The van der Waals surface area contributed by atoms with E-state index in [-0.39, 0.29) is 0 Å². The van der Waals surface area contributed by atoms with E-state index >= 15 is 0 Å². The van der Waals surface area contributed by atoms with Crippen molar-refractivity contribution in [3.63, 3.8) is 0 Å². The highest BCUT2D eigenvalue weighted by molar-refractivity contribution is 7.98. The van der Waals surface area contributed by atoms with Crippen LogP contribution in [0.25, 0.3) is 11.1 Å². The fourth-order valence-electron chi connectivity index (χ4n) is 2.23. The molecule has 0 saturated carbocycles. The zero-order chi connectivity index (χ0) is 13.5. The summed E-state index contributed by atoms with van der Waals surface area (Å²) in [6, 6.07) is 17.8. The summed E-state index contributed by atoms with van der Waals surface area (Å²) >= 11 is 1.79. The van der Waals surface area contributed by atoms with E-state index in [4.69, 9.17) is 0 Å². The van der Waals surface area contributed by atoms with Gasteiger partial charge in [0.05, 0.1) is 0 Å². The molecule has 0 nitrogen and oxygen atoms in total. The second-order valence-electron chi connectivity index (χ2n) is 4.88. The maximum Gasteiger partial charge on any atom is 0.00695 e. The minimum atomic E-state index is 1.21. The van der Waals surface area contributed by atoms with Crippen LogP contribution in [-0.2, 0) is 6.42 Å². The molecule has 0 spiro atoms. The van der Waals surface area contributed by atoms with E-state index in [0.29, 0.717) is 0 Å². The highest BCUT2D eigenvalue weighted by Gasteiger charge is 1.99. The van der Waals surface area contributed by atoms with Gasteiger partial charge in [0, 0.05) is 4.90 Å². The summed E-state index contributed by atoms with van der Waals surface area (Å²) < 4.78 is 0. The molecule has 0 aliphatic carbocycles. The van der Waals surface area contributed by atoms with Crippen molar-refractivity contribution in [1.29, 1.82) is 0 Å². The molecule has 0 atom stereocenters. The average Bonchev–Trinajstić information content (AvgIpc) is 2.48. The van der Waals surface area contributed by atoms with Gasteiger partial charge in [0.1, 0.15) is 0 Å². The monoisotopic (exact) mass is 270 g/mol. The smallest absolute Gasteiger partial charge is 0.00695 e. The molecule has 0 aliphatic rings. The van der Waals surface area contributed by atoms with Gasteiger partial charge >= 0.3 is 0 Å². The molecule has 0 aromatic heterocycles. The van der Waals surface area contributed by atoms with Crippen molar-refractivity contribution in [2.75, 3.05) is 6.26 Å². The van der Waals surface area contributed by atoms with Crippen molar-refractivity contribution < 1.29 is 0 Å². The molecule has 1 heteroatoms. The SMILES string of the molecule is CCCCCc1ccc(-c2ccc(SC)cc2)cc1. The van der Waals surface area contributed by atoms with E-state index in [0.717, 1.165) is 0 Å². The Bertz CT molecular complexity index is 482. The lowest BCUT2D eigenvalue weighted by molar-refractivity contribution is 0.717. The summed E-state index contributed by atoms with van der Waals surface area (Å²) in [6.45, 7) is 2.25. The maximum atomic E-state index is 2.27. The van der Waals surface area contributed by atoms with Crippen LogP contribution in [0.2, 0.25) is 0 Å². The number of unbranched alkanes of at least 4 members (excludes halogenated alkanes) is 2. The second kappa shape index (κ2) is 7.40. The molecule has 2 rings (SSSR count). The maximum absolute atomic E-state index is 2.27. The standard InChI is InChI=1S/C18H22S/c1-3-4-5-6-15-7-9-16(10-8-15)17-11-13-18(19-2)14-12-17/h7-14H,3-6H2,1-2H3. The first-order valence-corrected chi connectivity index (χ1v) is 8.29. The number of thioether (sulfide) groups is 1. The molecule has 0 N–H and O–H groups in total. The minimum Gasteiger partial charge on any atom is -0.130 e. The molecule has 0 saturated heterocycles. The number of hydrogen-bond acceptors (Lipinski definition) is 1. The number of hydrogen-bond donors (Lipinski definition) is 0. The first-order valence-electron chi connectivity index (χ1n) is 7.07. The van der Waals surface area contributed by atoms with Crippen LogP contribution in [0.4, 0.5) is 0 Å². The van der Waals surface area contributed by atoms with Gasteiger partial charge in [-0.15, -0.1) is 11.8 Å². The van der Waals surface area contributed by atoms with Crippen LogP contribution in [0.15, 0.2) is 53.4 Å². The highest BCUT2D eigenvalue weighted by atomic mass is 32.2. The Hall–Kier alpha value is -1.21. The van der Waals surface area contributed by atoms with E-state index in [1.807, 2.05) is 0 Å². The van der Waals surface area contributed by atoms with Gasteiger partial charge in [-0.1, -0.05) is 56.2 Å². The summed E-state index contributed by atoms with van der Waals surface area (Å²) in [6.07, 6.45) is 7.25. The van der Waals surface area contributed by atoms with Crippen LogP contribution in [0.1, 0.15) is 31.7 Å². The van der Waals surface area contributed by atoms with Crippen LogP contribution >= 0.6 is 11.8 Å². The van der Waals surface area contributed by atoms with Gasteiger partial charge in [0.15, 0.2) is 0 Å². The van der Waals surface area contributed by atoms with Crippen molar-refractivity contribution in [3.05, 3.63) is 54.1 Å². The molecule has 0 bridgehead atoms. The second-order valence-corrected chi connectivity index (χ2v) is 5.76. The van der Waals surface area contributed by atoms with Gasteiger partial charge in [-0.05, 0) is 47.9 Å². The van der Waals surface area contributed by atoms with Gasteiger partial charge in [0.2, 0.25) is 0 Å². The molecule has 0 unspecified atom stereocenters. The van der Waals surface area contributed by atoms with Crippen LogP contribution in [0, 0.1) is 0 Å². The van der Waals surface area contributed by atoms with E-state index in [9.17, 15) is 0 Å². The zero-order valence-electron chi connectivity index (χ0n) is 11.9. The predicted octanol–water partition coefficient (Wildman–Crippen LogP) is 5.81. The van der Waals surface area contributed by atoms with Gasteiger partial charge in [0.25, 0.3) is 0 Å². The van der Waals surface area contributed by atoms with Crippen molar-refractivity contribution in [2.45, 2.75) is 37.5 Å².